The van der Waals surface area contributed by atoms with Gasteiger partial charge in [-0.05, 0) is 68.0 Å². The molecule has 0 unspecified atom stereocenters. The molecule has 3 N–H and O–H groups in total. The average molecular weight is 487 g/mol. The van der Waals surface area contributed by atoms with Crippen molar-refractivity contribution in [3.05, 3.63) is 59.1 Å². The highest BCUT2D eigenvalue weighted by atomic mass is 35.5. The van der Waals surface area contributed by atoms with Crippen LogP contribution in [-0.2, 0) is 16.0 Å². The highest BCUT2D eigenvalue weighted by molar-refractivity contribution is 6.30. The molecular weight excluding hydrogens is 456 g/mol. The van der Waals surface area contributed by atoms with Crippen LogP contribution in [0.4, 0.5) is 21.0 Å². The number of rotatable bonds is 8. The third-order valence-electron chi connectivity index (χ3n) is 5.68. The number of amides is 4. The Balaban J connectivity index is 1.32. The number of hydrogen-bond acceptors (Lipinski definition) is 4. The van der Waals surface area contributed by atoms with E-state index in [1.807, 2.05) is 11.0 Å². The van der Waals surface area contributed by atoms with E-state index in [9.17, 15) is 14.4 Å². The number of nitrogens with zero attached hydrogens (tertiary/aromatic N) is 1. The van der Waals surface area contributed by atoms with Gasteiger partial charge in [-0.3, -0.25) is 4.79 Å². The second-order valence-corrected chi connectivity index (χ2v) is 8.66. The summed E-state index contributed by atoms with van der Waals surface area (Å²) in [7, 11) is 0. The third-order valence-corrected chi connectivity index (χ3v) is 5.92. The summed E-state index contributed by atoms with van der Waals surface area (Å²) in [6.07, 6.45) is 2.86. The van der Waals surface area contributed by atoms with Gasteiger partial charge in [0.1, 0.15) is 0 Å². The first kappa shape index (κ1) is 25.4. The molecule has 9 heteroatoms. The van der Waals surface area contributed by atoms with Gasteiger partial charge < -0.3 is 25.6 Å². The Kier molecular flexibility index (Phi) is 9.58. The number of nitrogens with one attached hydrogen (secondary N) is 3. The number of likely N-dealkylation sites (tertiary alicyclic amines) is 1. The number of piperidine rings is 1. The summed E-state index contributed by atoms with van der Waals surface area (Å²) in [5.41, 5.74) is 2.17. The molecule has 3 rings (SSSR count). The number of anilines is 2. The molecule has 8 nitrogen and oxygen atoms in total. The number of urea groups is 2. The molecule has 1 heterocycles. The van der Waals surface area contributed by atoms with E-state index in [0.717, 1.165) is 24.8 Å². The molecule has 2 aromatic carbocycles. The van der Waals surface area contributed by atoms with Crippen LogP contribution in [0, 0.1) is 5.92 Å². The molecule has 1 aliphatic rings. The quantitative estimate of drug-likeness (QED) is 0.462. The zero-order valence-electron chi connectivity index (χ0n) is 19.3. The van der Waals surface area contributed by atoms with E-state index in [4.69, 9.17) is 16.3 Å². The van der Waals surface area contributed by atoms with Crippen LogP contribution < -0.4 is 16.0 Å². The SMILES string of the molecule is CCOC(=O)Cc1ccc(NC(=O)NCCC2CCN(C(=O)Nc3cccc(Cl)c3)CC2)cc1. The van der Waals surface area contributed by atoms with Crippen LogP contribution >= 0.6 is 11.6 Å². The summed E-state index contributed by atoms with van der Waals surface area (Å²) in [4.78, 5) is 38.0. The Hall–Kier alpha value is -3.26. The van der Waals surface area contributed by atoms with Crippen LogP contribution in [0.5, 0.6) is 0 Å². The van der Waals surface area contributed by atoms with E-state index in [2.05, 4.69) is 16.0 Å². The van der Waals surface area contributed by atoms with Crippen molar-refractivity contribution in [1.82, 2.24) is 10.2 Å². The maximum absolute atomic E-state index is 12.4. The van der Waals surface area contributed by atoms with Crippen molar-refractivity contribution in [3.8, 4) is 0 Å². The van der Waals surface area contributed by atoms with Crippen LogP contribution in [0.1, 0.15) is 31.7 Å². The highest BCUT2D eigenvalue weighted by Gasteiger charge is 2.22. The van der Waals surface area contributed by atoms with Crippen LogP contribution in [0.2, 0.25) is 5.02 Å². The van der Waals surface area contributed by atoms with Crippen molar-refractivity contribution in [3.63, 3.8) is 0 Å². The highest BCUT2D eigenvalue weighted by Crippen LogP contribution is 2.21. The van der Waals surface area contributed by atoms with Crippen LogP contribution in [0.25, 0.3) is 0 Å². The fraction of sp³-hybridized carbons (Fsp3) is 0.400. The van der Waals surface area contributed by atoms with E-state index >= 15 is 0 Å². The van der Waals surface area contributed by atoms with Crippen LogP contribution in [0.3, 0.4) is 0 Å². The third kappa shape index (κ3) is 8.26. The first-order valence-electron chi connectivity index (χ1n) is 11.5. The zero-order chi connectivity index (χ0) is 24.3. The number of ether oxygens (including phenoxy) is 1. The van der Waals surface area contributed by atoms with E-state index in [0.29, 0.717) is 48.6 Å². The number of hydrogen-bond donors (Lipinski definition) is 3. The monoisotopic (exact) mass is 486 g/mol. The van der Waals surface area contributed by atoms with Gasteiger partial charge in [0.15, 0.2) is 0 Å². The lowest BCUT2D eigenvalue weighted by Gasteiger charge is -2.32. The van der Waals surface area contributed by atoms with Crippen molar-refractivity contribution >= 4 is 41.0 Å². The molecule has 0 bridgehead atoms. The van der Waals surface area contributed by atoms with Crippen molar-refractivity contribution in [2.24, 2.45) is 5.92 Å². The molecule has 4 amide bonds. The predicted octanol–water partition coefficient (Wildman–Crippen LogP) is 4.90. The number of halogens is 1. The predicted molar refractivity (Wildman–Crippen MR) is 133 cm³/mol. The van der Waals surface area contributed by atoms with Gasteiger partial charge in [-0.25, -0.2) is 9.59 Å². The number of esters is 1. The Labute approximate surface area is 205 Å². The lowest BCUT2D eigenvalue weighted by atomic mass is 9.94. The molecule has 1 saturated heterocycles. The van der Waals surface area contributed by atoms with Gasteiger partial charge in [0, 0.05) is 36.0 Å². The Bertz CT molecular complexity index is 975. The van der Waals surface area contributed by atoms with Crippen molar-refractivity contribution in [2.75, 3.05) is 36.9 Å². The lowest BCUT2D eigenvalue weighted by molar-refractivity contribution is -0.142. The first-order chi connectivity index (χ1) is 16.4. The topological polar surface area (TPSA) is 99.8 Å². The van der Waals surface area contributed by atoms with Gasteiger partial charge in [0.05, 0.1) is 13.0 Å². The van der Waals surface area contributed by atoms with Gasteiger partial charge in [0.25, 0.3) is 0 Å². The molecule has 0 aliphatic carbocycles. The summed E-state index contributed by atoms with van der Waals surface area (Å²) in [6, 6.07) is 13.8. The molecule has 0 spiro atoms. The van der Waals surface area contributed by atoms with Gasteiger partial charge in [-0.2, -0.15) is 0 Å². The number of carbonyl (C=O) groups excluding carboxylic acids is 3. The van der Waals surface area contributed by atoms with E-state index in [1.54, 1.807) is 49.4 Å². The molecule has 1 aliphatic heterocycles. The molecule has 0 saturated carbocycles. The minimum absolute atomic E-state index is 0.119. The van der Waals surface area contributed by atoms with Crippen LogP contribution in [-0.4, -0.2) is 49.2 Å². The fourth-order valence-electron chi connectivity index (χ4n) is 3.84. The fourth-order valence-corrected chi connectivity index (χ4v) is 4.03. The normalized spacial score (nSPS) is 13.8. The molecule has 0 atom stereocenters. The molecule has 2 aromatic rings. The summed E-state index contributed by atoms with van der Waals surface area (Å²) < 4.78 is 4.93. The molecule has 0 aromatic heterocycles. The first-order valence-corrected chi connectivity index (χ1v) is 11.9. The molecule has 1 fully saturated rings. The summed E-state index contributed by atoms with van der Waals surface area (Å²) >= 11 is 5.97. The molecule has 0 radical (unpaired) electrons. The maximum atomic E-state index is 12.4. The Morgan fingerprint density at radius 2 is 1.76 bits per heavy atom. The second kappa shape index (κ2) is 12.8. The van der Waals surface area contributed by atoms with Gasteiger partial charge >= 0.3 is 18.0 Å². The molecular formula is C25H31ClN4O4. The number of benzene rings is 2. The number of carbonyl (C=O) groups is 3. The van der Waals surface area contributed by atoms with Gasteiger partial charge in [0.2, 0.25) is 0 Å². The lowest BCUT2D eigenvalue weighted by Crippen LogP contribution is -2.41. The van der Waals surface area contributed by atoms with Crippen molar-refractivity contribution in [2.45, 2.75) is 32.6 Å². The standard InChI is InChI=1S/C25H31ClN4O4/c1-2-34-23(31)16-19-6-8-21(9-7-19)28-24(32)27-13-10-18-11-14-30(15-12-18)25(33)29-22-5-3-4-20(26)17-22/h3-9,17-18H,2,10-16H2,1H3,(H,29,33)(H2,27,28,32). The Morgan fingerprint density at radius 1 is 1.03 bits per heavy atom. The zero-order valence-corrected chi connectivity index (χ0v) is 20.1. The summed E-state index contributed by atoms with van der Waals surface area (Å²) in [5, 5.41) is 9.15. The summed E-state index contributed by atoms with van der Waals surface area (Å²) in [5.74, 6) is 0.186. The van der Waals surface area contributed by atoms with E-state index in [1.165, 1.54) is 0 Å². The average Bonchev–Trinajstić information content (AvgIpc) is 2.81. The van der Waals surface area contributed by atoms with Crippen LogP contribution in [0.15, 0.2) is 48.5 Å². The summed E-state index contributed by atoms with van der Waals surface area (Å²) in [6.45, 7) is 4.06. The minimum Gasteiger partial charge on any atom is -0.466 e. The maximum Gasteiger partial charge on any atom is 0.321 e. The van der Waals surface area contributed by atoms with Gasteiger partial charge in [-0.1, -0.05) is 29.8 Å². The van der Waals surface area contributed by atoms with Crippen molar-refractivity contribution < 1.29 is 19.1 Å². The minimum atomic E-state index is -0.270. The second-order valence-electron chi connectivity index (χ2n) is 8.22. The van der Waals surface area contributed by atoms with Gasteiger partial charge in [-0.15, -0.1) is 0 Å². The smallest absolute Gasteiger partial charge is 0.321 e. The molecule has 182 valence electrons. The molecule has 34 heavy (non-hydrogen) atoms. The van der Waals surface area contributed by atoms with E-state index < -0.39 is 0 Å². The van der Waals surface area contributed by atoms with Crippen molar-refractivity contribution in [1.29, 1.82) is 0 Å². The largest absolute Gasteiger partial charge is 0.466 e. The van der Waals surface area contributed by atoms with E-state index in [-0.39, 0.29) is 24.5 Å². The Morgan fingerprint density at radius 3 is 2.44 bits per heavy atom.